The summed E-state index contributed by atoms with van der Waals surface area (Å²) in [7, 11) is 2.63. The van der Waals surface area contributed by atoms with Crippen LogP contribution in [0.5, 0.6) is 0 Å². The fraction of sp³-hybridized carbons (Fsp3) is 0.560. The SMILES string of the molecule is COC(=O)N[C@H](C(=O)N1[C@@H](C)CC[C@H]1c1nc(-c2ccc(-c3ccc(-c4c[nH]c([C@@H]5CC[C@H](C)N5C(=O)[C@@H](NC(=O)OC)C5C[C@@H](C)O[C@@H](C)C5)n4)cc3)cc2)c[nH]1)C1C[C@@H](C)O[C@@H](C)C1. The van der Waals surface area contributed by atoms with Crippen molar-refractivity contribution in [1.82, 2.24) is 40.4 Å². The zero-order valence-corrected chi connectivity index (χ0v) is 39.4. The molecule has 4 aromatic rings. The maximum atomic E-state index is 14.4. The molecule has 4 N–H and O–H groups in total. The Morgan fingerprint density at radius 3 is 1.23 bits per heavy atom. The van der Waals surface area contributed by atoms with Gasteiger partial charge < -0.3 is 49.3 Å². The van der Waals surface area contributed by atoms with E-state index in [0.717, 1.165) is 71.0 Å². The van der Waals surface area contributed by atoms with Crippen LogP contribution in [0.4, 0.5) is 9.59 Å². The molecule has 4 fully saturated rings. The number of alkyl carbamates (subject to hydrolysis) is 2. The molecule has 354 valence electrons. The van der Waals surface area contributed by atoms with Gasteiger partial charge in [0.15, 0.2) is 0 Å². The van der Waals surface area contributed by atoms with Gasteiger partial charge in [-0.25, -0.2) is 19.6 Å². The van der Waals surface area contributed by atoms with Crippen LogP contribution in [0.3, 0.4) is 0 Å². The van der Waals surface area contributed by atoms with Gasteiger partial charge in [-0.2, -0.15) is 0 Å². The van der Waals surface area contributed by atoms with Crippen molar-refractivity contribution in [3.63, 3.8) is 0 Å². The van der Waals surface area contributed by atoms with Crippen LogP contribution in [0.2, 0.25) is 0 Å². The summed E-state index contributed by atoms with van der Waals surface area (Å²) in [5.74, 6) is 1.01. The van der Waals surface area contributed by atoms with Crippen LogP contribution in [0.25, 0.3) is 33.6 Å². The van der Waals surface area contributed by atoms with Crippen LogP contribution < -0.4 is 10.6 Å². The quantitative estimate of drug-likeness (QED) is 0.114. The molecular formula is C50H66N8O8. The number of aromatic amines is 2. The Balaban J connectivity index is 0.936. The van der Waals surface area contributed by atoms with Crippen molar-refractivity contribution in [3.05, 3.63) is 72.6 Å². The van der Waals surface area contributed by atoms with E-state index in [1.807, 2.05) is 49.9 Å². The van der Waals surface area contributed by atoms with Crippen molar-refractivity contribution in [3.8, 4) is 33.6 Å². The molecular weight excluding hydrogens is 841 g/mol. The number of ether oxygens (including phenoxy) is 4. The van der Waals surface area contributed by atoms with Gasteiger partial charge in [-0.1, -0.05) is 48.5 Å². The second-order valence-electron chi connectivity index (χ2n) is 19.1. The molecule has 0 bridgehead atoms. The monoisotopic (exact) mass is 907 g/mol. The number of aromatic nitrogens is 4. The van der Waals surface area contributed by atoms with Crippen molar-refractivity contribution in [2.24, 2.45) is 11.8 Å². The molecule has 0 radical (unpaired) electrons. The van der Waals surface area contributed by atoms with Gasteiger partial charge in [0.25, 0.3) is 0 Å². The Morgan fingerprint density at radius 2 is 0.894 bits per heavy atom. The molecule has 0 saturated carbocycles. The molecule has 66 heavy (non-hydrogen) atoms. The van der Waals surface area contributed by atoms with Gasteiger partial charge in [-0.15, -0.1) is 0 Å². The van der Waals surface area contributed by atoms with Crippen molar-refractivity contribution in [2.45, 2.75) is 154 Å². The Hall–Kier alpha value is -5.74. The number of hydrogen-bond acceptors (Lipinski definition) is 10. The van der Waals surface area contributed by atoms with Crippen LogP contribution in [0.15, 0.2) is 60.9 Å². The Labute approximate surface area is 387 Å². The maximum Gasteiger partial charge on any atom is 0.407 e. The van der Waals surface area contributed by atoms with E-state index >= 15 is 0 Å². The van der Waals surface area contributed by atoms with Crippen molar-refractivity contribution >= 4 is 24.0 Å². The van der Waals surface area contributed by atoms with Gasteiger partial charge >= 0.3 is 12.2 Å². The molecule has 0 aliphatic carbocycles. The Morgan fingerprint density at radius 1 is 0.561 bits per heavy atom. The number of nitrogens with one attached hydrogen (secondary N) is 4. The average molecular weight is 907 g/mol. The number of carbonyl (C=O) groups excluding carboxylic acids is 4. The molecule has 2 aromatic carbocycles. The summed E-state index contributed by atoms with van der Waals surface area (Å²) >= 11 is 0. The van der Waals surface area contributed by atoms with E-state index in [-0.39, 0.29) is 72.2 Å². The summed E-state index contributed by atoms with van der Waals surface area (Å²) in [6.45, 7) is 12.1. The number of benzene rings is 2. The smallest absolute Gasteiger partial charge is 0.407 e. The highest BCUT2D eigenvalue weighted by molar-refractivity contribution is 5.88. The number of imidazole rings is 2. The summed E-state index contributed by atoms with van der Waals surface area (Å²) in [5.41, 5.74) is 5.54. The van der Waals surface area contributed by atoms with E-state index in [9.17, 15) is 19.2 Å². The van der Waals surface area contributed by atoms with Crippen LogP contribution in [0.1, 0.15) is 117 Å². The second kappa shape index (κ2) is 20.0. The predicted molar refractivity (Wildman–Crippen MR) is 248 cm³/mol. The van der Waals surface area contributed by atoms with E-state index in [4.69, 9.17) is 28.9 Å². The molecule has 4 aliphatic rings. The number of rotatable bonds is 11. The highest BCUT2D eigenvalue weighted by Gasteiger charge is 2.46. The molecule has 0 spiro atoms. The largest absolute Gasteiger partial charge is 0.453 e. The van der Waals surface area contributed by atoms with Crippen LogP contribution >= 0.6 is 0 Å². The van der Waals surface area contributed by atoms with Gasteiger partial charge in [0.05, 0.1) is 62.1 Å². The molecule has 4 saturated heterocycles. The van der Waals surface area contributed by atoms with Crippen molar-refractivity contribution in [2.75, 3.05) is 14.2 Å². The van der Waals surface area contributed by atoms with Crippen LogP contribution in [-0.2, 0) is 28.5 Å². The van der Waals surface area contributed by atoms with E-state index in [2.05, 4.69) is 83.0 Å². The molecule has 16 nitrogen and oxygen atoms in total. The number of carbonyl (C=O) groups is 4. The van der Waals surface area contributed by atoms with E-state index in [1.165, 1.54) is 14.2 Å². The zero-order valence-electron chi connectivity index (χ0n) is 39.4. The third-order valence-electron chi connectivity index (χ3n) is 14.2. The highest BCUT2D eigenvalue weighted by Crippen LogP contribution is 2.40. The third kappa shape index (κ3) is 9.99. The first-order valence-corrected chi connectivity index (χ1v) is 23.7. The van der Waals surface area contributed by atoms with Gasteiger partial charge in [0.1, 0.15) is 23.7 Å². The van der Waals surface area contributed by atoms with E-state index < -0.39 is 24.3 Å². The average Bonchev–Trinajstić information content (AvgIpc) is 4.13. The summed E-state index contributed by atoms with van der Waals surface area (Å²) < 4.78 is 21.8. The normalized spacial score (nSPS) is 28.7. The van der Waals surface area contributed by atoms with Gasteiger partial charge in [0, 0.05) is 35.6 Å². The fourth-order valence-corrected chi connectivity index (χ4v) is 11.1. The van der Waals surface area contributed by atoms with Crippen LogP contribution in [0, 0.1) is 11.8 Å². The lowest BCUT2D eigenvalue weighted by atomic mass is 9.85. The number of likely N-dealkylation sites (tertiary alicyclic amines) is 2. The third-order valence-corrected chi connectivity index (χ3v) is 14.2. The van der Waals surface area contributed by atoms with E-state index in [0.29, 0.717) is 25.7 Å². The molecule has 16 heteroatoms. The molecule has 4 amide bonds. The summed E-state index contributed by atoms with van der Waals surface area (Å²) in [6, 6.07) is 14.5. The second-order valence-corrected chi connectivity index (χ2v) is 19.1. The minimum atomic E-state index is -0.737. The summed E-state index contributed by atoms with van der Waals surface area (Å²) in [6.07, 6.45) is 8.23. The lowest BCUT2D eigenvalue weighted by Gasteiger charge is -2.39. The van der Waals surface area contributed by atoms with Crippen molar-refractivity contribution < 1.29 is 38.1 Å². The Kier molecular flexibility index (Phi) is 14.2. The topological polar surface area (TPSA) is 193 Å². The molecule has 6 heterocycles. The first-order valence-electron chi connectivity index (χ1n) is 23.7. The highest BCUT2D eigenvalue weighted by atomic mass is 16.5. The number of amides is 4. The molecule has 12 atom stereocenters. The molecule has 2 aromatic heterocycles. The standard InChI is InChI=1S/C50H66N8O8/c1-27-9-19-41(57(27)47(59)43(55-49(61)63-7)37-21-29(3)65-30(4)22-37)45-51-25-39(53-45)35-15-11-33(12-16-35)34-13-17-36(18-14-34)40-26-52-46(54-40)42-20-10-28(2)58(42)48(60)44(56-50(62)64-8)38-23-31(5)66-32(6)24-38/h11-18,25-32,37-38,41-44H,9-10,19-24H2,1-8H3,(H,51,53)(H,52,54)(H,55,61)(H,56,62)/t27-,28-,29-,30+,31-,32+,37?,38?,41-,42-,43-,44-/m0/s1. The zero-order chi connectivity index (χ0) is 46.8. The first kappa shape index (κ1) is 46.8. The number of hydrogen-bond donors (Lipinski definition) is 4. The van der Waals surface area contributed by atoms with Crippen molar-refractivity contribution in [1.29, 1.82) is 0 Å². The number of nitrogens with zero attached hydrogens (tertiary/aromatic N) is 4. The number of H-pyrrole nitrogens is 2. The predicted octanol–water partition coefficient (Wildman–Crippen LogP) is 8.09. The van der Waals surface area contributed by atoms with Crippen LogP contribution in [-0.4, -0.2) is 117 Å². The lowest BCUT2D eigenvalue weighted by Crippen LogP contribution is -2.55. The maximum absolute atomic E-state index is 14.4. The first-order chi connectivity index (χ1) is 31.7. The lowest BCUT2D eigenvalue weighted by molar-refractivity contribution is -0.141. The minimum absolute atomic E-state index is 0.0243. The summed E-state index contributed by atoms with van der Waals surface area (Å²) in [4.78, 5) is 74.4. The minimum Gasteiger partial charge on any atom is -0.453 e. The van der Waals surface area contributed by atoms with E-state index in [1.54, 1.807) is 0 Å². The van der Waals surface area contributed by atoms with Gasteiger partial charge in [-0.3, -0.25) is 9.59 Å². The fourth-order valence-electron chi connectivity index (χ4n) is 11.1. The molecule has 8 rings (SSSR count). The van der Waals surface area contributed by atoms with Gasteiger partial charge in [-0.05, 0) is 116 Å². The Bertz CT molecular complexity index is 2150. The summed E-state index contributed by atoms with van der Waals surface area (Å²) in [5, 5.41) is 5.75. The molecule has 4 aliphatic heterocycles. The number of methoxy groups -OCH3 is 2. The molecule has 2 unspecified atom stereocenters. The van der Waals surface area contributed by atoms with Gasteiger partial charge in [0.2, 0.25) is 11.8 Å².